The zero-order valence-electron chi connectivity index (χ0n) is 16.1. The zero-order chi connectivity index (χ0) is 19.0. The molecule has 6 heteroatoms. The summed E-state index contributed by atoms with van der Waals surface area (Å²) in [5.74, 6) is 0.415. The van der Waals surface area contributed by atoms with E-state index in [1.807, 2.05) is 32.0 Å². The van der Waals surface area contributed by atoms with E-state index in [9.17, 15) is 13.2 Å². The van der Waals surface area contributed by atoms with E-state index < -0.39 is 10.0 Å². The first-order valence-electron chi connectivity index (χ1n) is 9.05. The Hall–Kier alpha value is -1.56. The monoisotopic (exact) mass is 368 g/mol. The predicted octanol–water partition coefficient (Wildman–Crippen LogP) is 3.13. The van der Waals surface area contributed by atoms with E-state index in [0.717, 1.165) is 36.1 Å². The molecule has 0 saturated heterocycles. The quantitative estimate of drug-likeness (QED) is 0.690. The molecule has 0 atom stereocenters. The Labute approximate surface area is 152 Å². The number of hydrogen-bond donors (Lipinski definition) is 1. The van der Waals surface area contributed by atoms with E-state index in [2.05, 4.69) is 19.2 Å². The maximum Gasteiger partial charge on any atom is 0.232 e. The molecule has 1 rings (SSSR count). The average molecular weight is 369 g/mol. The second kappa shape index (κ2) is 9.80. The van der Waals surface area contributed by atoms with E-state index in [4.69, 9.17) is 0 Å². The van der Waals surface area contributed by atoms with E-state index in [-0.39, 0.29) is 18.9 Å². The van der Waals surface area contributed by atoms with Gasteiger partial charge in [0.2, 0.25) is 15.9 Å². The maximum absolute atomic E-state index is 12.4. The van der Waals surface area contributed by atoms with Gasteiger partial charge in [0.25, 0.3) is 0 Å². The van der Waals surface area contributed by atoms with Gasteiger partial charge in [0, 0.05) is 19.5 Å². The molecule has 1 amide bonds. The number of para-hydroxylation sites is 1. The molecule has 25 heavy (non-hydrogen) atoms. The third-order valence-corrected chi connectivity index (χ3v) is 5.37. The van der Waals surface area contributed by atoms with Crippen LogP contribution in [-0.4, -0.2) is 33.7 Å². The molecule has 0 fully saturated rings. The summed E-state index contributed by atoms with van der Waals surface area (Å²) < 4.78 is 26.2. The van der Waals surface area contributed by atoms with Crippen molar-refractivity contribution in [3.05, 3.63) is 29.3 Å². The van der Waals surface area contributed by atoms with Crippen molar-refractivity contribution in [1.82, 2.24) is 5.32 Å². The van der Waals surface area contributed by atoms with Crippen LogP contribution < -0.4 is 9.62 Å². The highest BCUT2D eigenvalue weighted by Gasteiger charge is 2.23. The molecule has 0 aliphatic heterocycles. The summed E-state index contributed by atoms with van der Waals surface area (Å²) in [7, 11) is -3.46. The molecule has 0 saturated carbocycles. The van der Waals surface area contributed by atoms with Gasteiger partial charge in [-0.2, -0.15) is 0 Å². The number of hydrogen-bond acceptors (Lipinski definition) is 3. The first-order valence-corrected chi connectivity index (χ1v) is 10.9. The molecule has 1 aromatic carbocycles. The number of benzene rings is 1. The van der Waals surface area contributed by atoms with Gasteiger partial charge in [-0.05, 0) is 36.3 Å². The van der Waals surface area contributed by atoms with Gasteiger partial charge in [-0.1, -0.05) is 45.9 Å². The Bertz CT molecular complexity index is 647. The molecule has 0 radical (unpaired) electrons. The van der Waals surface area contributed by atoms with Gasteiger partial charge in [-0.3, -0.25) is 9.10 Å². The van der Waals surface area contributed by atoms with Crippen LogP contribution in [0.2, 0.25) is 0 Å². The molecule has 0 unspecified atom stereocenters. The smallest absolute Gasteiger partial charge is 0.232 e. The third kappa shape index (κ3) is 6.69. The highest BCUT2D eigenvalue weighted by atomic mass is 32.2. The Balaban J connectivity index is 2.96. The molecule has 0 bridgehead atoms. The normalized spacial score (nSPS) is 11.6. The van der Waals surface area contributed by atoms with Crippen molar-refractivity contribution < 1.29 is 13.2 Å². The number of anilines is 1. The lowest BCUT2D eigenvalue weighted by molar-refractivity contribution is -0.120. The number of sulfonamides is 1. The Morgan fingerprint density at radius 3 is 2.16 bits per heavy atom. The largest absolute Gasteiger partial charge is 0.356 e. The number of aryl methyl sites for hydroxylation is 2. The molecular weight excluding hydrogens is 336 g/mol. The van der Waals surface area contributed by atoms with Crippen LogP contribution in [-0.2, 0) is 27.7 Å². The number of amides is 1. The zero-order valence-corrected chi connectivity index (χ0v) is 16.9. The maximum atomic E-state index is 12.4. The first kappa shape index (κ1) is 21.5. The molecule has 5 nitrogen and oxygen atoms in total. The highest BCUT2D eigenvalue weighted by Crippen LogP contribution is 2.29. The fraction of sp³-hybridized carbons (Fsp3) is 0.632. The molecule has 0 aliphatic carbocycles. The Kier molecular flexibility index (Phi) is 8.42. The molecule has 142 valence electrons. The Morgan fingerprint density at radius 2 is 1.72 bits per heavy atom. The van der Waals surface area contributed by atoms with Crippen LogP contribution in [0.4, 0.5) is 5.69 Å². The summed E-state index contributed by atoms with van der Waals surface area (Å²) in [6, 6.07) is 5.87. The molecular formula is C19H32N2O3S. The summed E-state index contributed by atoms with van der Waals surface area (Å²) in [6.45, 7) is 9.02. The molecule has 0 heterocycles. The SMILES string of the molecule is CCc1cccc(CC)c1N(CCC(=O)NCCC(C)C)S(C)(=O)=O. The van der Waals surface area contributed by atoms with Crippen LogP contribution in [0.5, 0.6) is 0 Å². The van der Waals surface area contributed by atoms with Gasteiger partial charge in [0.15, 0.2) is 0 Å². The van der Waals surface area contributed by atoms with Crippen molar-refractivity contribution in [2.45, 2.75) is 53.4 Å². The summed E-state index contributed by atoms with van der Waals surface area (Å²) in [4.78, 5) is 12.1. The van der Waals surface area contributed by atoms with Crippen molar-refractivity contribution in [3.8, 4) is 0 Å². The van der Waals surface area contributed by atoms with Gasteiger partial charge in [0.1, 0.15) is 0 Å². The third-order valence-electron chi connectivity index (χ3n) is 4.20. The lowest BCUT2D eigenvalue weighted by Crippen LogP contribution is -2.36. The molecule has 1 aromatic rings. The van der Waals surface area contributed by atoms with E-state index in [0.29, 0.717) is 12.5 Å². The average Bonchev–Trinajstić information content (AvgIpc) is 2.53. The molecule has 0 spiro atoms. The number of nitrogens with zero attached hydrogens (tertiary/aromatic N) is 1. The van der Waals surface area contributed by atoms with E-state index in [1.165, 1.54) is 10.6 Å². The molecule has 0 aromatic heterocycles. The second-order valence-electron chi connectivity index (χ2n) is 6.75. The summed E-state index contributed by atoms with van der Waals surface area (Å²) in [6.07, 6.45) is 3.77. The molecule has 1 N–H and O–H groups in total. The number of nitrogens with one attached hydrogen (secondary N) is 1. The van der Waals surface area contributed by atoms with Crippen LogP contribution in [0.1, 0.15) is 51.7 Å². The lowest BCUT2D eigenvalue weighted by atomic mass is 10.0. The van der Waals surface area contributed by atoms with Crippen molar-refractivity contribution in [2.75, 3.05) is 23.7 Å². The topological polar surface area (TPSA) is 66.5 Å². The van der Waals surface area contributed by atoms with Crippen molar-refractivity contribution >= 4 is 21.6 Å². The number of carbonyl (C=O) groups excluding carboxylic acids is 1. The minimum atomic E-state index is -3.46. The second-order valence-corrected chi connectivity index (χ2v) is 8.66. The minimum absolute atomic E-state index is 0.110. The lowest BCUT2D eigenvalue weighted by Gasteiger charge is -2.27. The van der Waals surface area contributed by atoms with Crippen molar-refractivity contribution in [3.63, 3.8) is 0 Å². The van der Waals surface area contributed by atoms with Gasteiger partial charge >= 0.3 is 0 Å². The van der Waals surface area contributed by atoms with Crippen LogP contribution >= 0.6 is 0 Å². The Morgan fingerprint density at radius 1 is 1.16 bits per heavy atom. The fourth-order valence-corrected chi connectivity index (χ4v) is 3.76. The summed E-state index contributed by atoms with van der Waals surface area (Å²) in [5, 5.41) is 2.87. The van der Waals surface area contributed by atoms with Crippen LogP contribution in [0.3, 0.4) is 0 Å². The first-order chi connectivity index (χ1) is 11.7. The van der Waals surface area contributed by atoms with Crippen LogP contribution in [0.25, 0.3) is 0 Å². The van der Waals surface area contributed by atoms with Gasteiger partial charge in [-0.15, -0.1) is 0 Å². The molecule has 0 aliphatic rings. The van der Waals surface area contributed by atoms with Gasteiger partial charge < -0.3 is 5.32 Å². The summed E-state index contributed by atoms with van der Waals surface area (Å²) >= 11 is 0. The van der Waals surface area contributed by atoms with Gasteiger partial charge in [-0.25, -0.2) is 8.42 Å². The predicted molar refractivity (Wildman–Crippen MR) is 104 cm³/mol. The minimum Gasteiger partial charge on any atom is -0.356 e. The fourth-order valence-electron chi connectivity index (χ4n) is 2.77. The number of carbonyl (C=O) groups is 1. The van der Waals surface area contributed by atoms with E-state index in [1.54, 1.807) is 0 Å². The van der Waals surface area contributed by atoms with E-state index >= 15 is 0 Å². The van der Waals surface area contributed by atoms with Crippen molar-refractivity contribution in [1.29, 1.82) is 0 Å². The van der Waals surface area contributed by atoms with Gasteiger partial charge in [0.05, 0.1) is 11.9 Å². The standard InChI is InChI=1S/C19H32N2O3S/c1-6-16-9-8-10-17(7-2)19(16)21(25(5,23)24)14-12-18(22)20-13-11-15(3)4/h8-10,15H,6-7,11-14H2,1-5H3,(H,20,22). The van der Waals surface area contributed by atoms with Crippen molar-refractivity contribution in [2.24, 2.45) is 5.92 Å². The van der Waals surface area contributed by atoms with Crippen LogP contribution in [0.15, 0.2) is 18.2 Å². The van der Waals surface area contributed by atoms with Crippen LogP contribution in [0, 0.1) is 5.92 Å². The number of rotatable bonds is 10. The summed E-state index contributed by atoms with van der Waals surface area (Å²) in [5.41, 5.74) is 2.72. The highest BCUT2D eigenvalue weighted by molar-refractivity contribution is 7.92.